The second-order valence-electron chi connectivity index (χ2n) is 8.55. The van der Waals surface area contributed by atoms with Crippen LogP contribution in [0.25, 0.3) is 11.3 Å². The predicted molar refractivity (Wildman–Crippen MR) is 121 cm³/mol. The topological polar surface area (TPSA) is 90.1 Å². The Labute approximate surface area is 193 Å². The standard InChI is InChI=1S/C24H21F3N4O3/c1-23(2,3)12-11-15-14-30(4)29-21(15)18-13-16(31(33)34)9-10-20(18)28-22(32)17-7-5-6-8-19(17)24(25,26)27/h5-10,13-14H,1-4H3,(H,28,32). The molecular formula is C24H21F3N4O3. The Morgan fingerprint density at radius 2 is 1.82 bits per heavy atom. The number of nitro groups is 1. The summed E-state index contributed by atoms with van der Waals surface area (Å²) in [5.41, 5.74) is -1.36. The number of nitrogens with zero attached hydrogens (tertiary/aromatic N) is 3. The van der Waals surface area contributed by atoms with Crippen molar-refractivity contribution in [3.8, 4) is 23.1 Å². The number of nitrogens with one attached hydrogen (secondary N) is 1. The van der Waals surface area contributed by atoms with E-state index in [-0.39, 0.29) is 28.0 Å². The van der Waals surface area contributed by atoms with E-state index in [1.165, 1.54) is 28.9 Å². The van der Waals surface area contributed by atoms with E-state index in [9.17, 15) is 28.1 Å². The molecule has 0 atom stereocenters. The number of amides is 1. The molecule has 0 radical (unpaired) electrons. The fourth-order valence-electron chi connectivity index (χ4n) is 3.10. The van der Waals surface area contributed by atoms with Gasteiger partial charge in [0, 0.05) is 36.4 Å². The van der Waals surface area contributed by atoms with Crippen LogP contribution in [-0.4, -0.2) is 20.6 Å². The third-order valence-electron chi connectivity index (χ3n) is 4.60. The van der Waals surface area contributed by atoms with Crippen molar-refractivity contribution < 1.29 is 22.9 Å². The molecule has 3 rings (SSSR count). The molecule has 1 aromatic heterocycles. The minimum Gasteiger partial charge on any atom is -0.321 e. The first-order valence-electron chi connectivity index (χ1n) is 10.1. The number of aryl methyl sites for hydroxylation is 1. The zero-order valence-corrected chi connectivity index (χ0v) is 18.8. The summed E-state index contributed by atoms with van der Waals surface area (Å²) in [6.07, 6.45) is -3.11. The molecule has 0 saturated heterocycles. The van der Waals surface area contributed by atoms with Crippen LogP contribution < -0.4 is 5.32 Å². The van der Waals surface area contributed by atoms with Gasteiger partial charge in [0.2, 0.25) is 0 Å². The Morgan fingerprint density at radius 3 is 2.44 bits per heavy atom. The number of anilines is 1. The van der Waals surface area contributed by atoms with Crippen molar-refractivity contribution in [2.75, 3.05) is 5.32 Å². The van der Waals surface area contributed by atoms with E-state index < -0.39 is 28.1 Å². The molecule has 0 aliphatic carbocycles. The molecule has 0 bridgehead atoms. The van der Waals surface area contributed by atoms with Crippen LogP contribution in [0.3, 0.4) is 0 Å². The van der Waals surface area contributed by atoms with Gasteiger partial charge >= 0.3 is 6.18 Å². The van der Waals surface area contributed by atoms with Crippen molar-refractivity contribution >= 4 is 17.3 Å². The number of hydrogen-bond acceptors (Lipinski definition) is 4. The van der Waals surface area contributed by atoms with Gasteiger partial charge in [0.25, 0.3) is 11.6 Å². The molecule has 0 unspecified atom stereocenters. The van der Waals surface area contributed by atoms with Crippen LogP contribution in [-0.2, 0) is 13.2 Å². The van der Waals surface area contributed by atoms with Crippen molar-refractivity contribution in [1.82, 2.24) is 9.78 Å². The first-order valence-corrected chi connectivity index (χ1v) is 10.1. The molecule has 0 saturated carbocycles. The largest absolute Gasteiger partial charge is 0.417 e. The van der Waals surface area contributed by atoms with Crippen LogP contribution in [0.2, 0.25) is 0 Å². The van der Waals surface area contributed by atoms with E-state index in [2.05, 4.69) is 22.3 Å². The molecule has 7 nitrogen and oxygen atoms in total. The van der Waals surface area contributed by atoms with Gasteiger partial charge in [-0.3, -0.25) is 19.6 Å². The second kappa shape index (κ2) is 9.02. The molecule has 2 aromatic carbocycles. The summed E-state index contributed by atoms with van der Waals surface area (Å²) in [7, 11) is 1.64. The third-order valence-corrected chi connectivity index (χ3v) is 4.60. The van der Waals surface area contributed by atoms with Gasteiger partial charge in [0.15, 0.2) is 0 Å². The molecule has 0 fully saturated rings. The summed E-state index contributed by atoms with van der Waals surface area (Å²) in [6.45, 7) is 5.73. The maximum Gasteiger partial charge on any atom is 0.417 e. The number of halogens is 3. The normalized spacial score (nSPS) is 11.5. The van der Waals surface area contributed by atoms with E-state index in [0.717, 1.165) is 18.2 Å². The number of rotatable bonds is 4. The molecule has 1 amide bonds. The first-order chi connectivity index (χ1) is 15.8. The quantitative estimate of drug-likeness (QED) is 0.303. The Hall–Kier alpha value is -4.13. The van der Waals surface area contributed by atoms with Crippen LogP contribution in [0.5, 0.6) is 0 Å². The van der Waals surface area contributed by atoms with Crippen molar-refractivity contribution in [2.24, 2.45) is 12.5 Å². The Kier molecular flexibility index (Phi) is 6.50. The maximum atomic E-state index is 13.4. The fourth-order valence-corrected chi connectivity index (χ4v) is 3.10. The average Bonchev–Trinajstić information content (AvgIpc) is 3.11. The monoisotopic (exact) mass is 470 g/mol. The lowest BCUT2D eigenvalue weighted by molar-refractivity contribution is -0.384. The summed E-state index contributed by atoms with van der Waals surface area (Å²) >= 11 is 0. The lowest BCUT2D eigenvalue weighted by Crippen LogP contribution is -2.19. The van der Waals surface area contributed by atoms with E-state index in [4.69, 9.17) is 0 Å². The summed E-state index contributed by atoms with van der Waals surface area (Å²) < 4.78 is 41.6. The number of nitro benzene ring substituents is 1. The molecular weight excluding hydrogens is 449 g/mol. The summed E-state index contributed by atoms with van der Waals surface area (Å²) in [5.74, 6) is 5.04. The van der Waals surface area contributed by atoms with Crippen LogP contribution in [0.1, 0.15) is 42.3 Å². The average molecular weight is 470 g/mol. The minimum atomic E-state index is -4.73. The lowest BCUT2D eigenvalue weighted by Gasteiger charge is -2.14. The van der Waals surface area contributed by atoms with Crippen molar-refractivity contribution in [1.29, 1.82) is 0 Å². The molecule has 1 N–H and O–H groups in total. The summed E-state index contributed by atoms with van der Waals surface area (Å²) in [6, 6.07) is 7.99. The number of hydrogen-bond donors (Lipinski definition) is 1. The zero-order valence-electron chi connectivity index (χ0n) is 18.8. The number of alkyl halides is 3. The molecule has 0 aliphatic heterocycles. The van der Waals surface area contributed by atoms with E-state index in [1.807, 2.05) is 20.8 Å². The van der Waals surface area contributed by atoms with Crippen molar-refractivity contribution in [3.05, 3.63) is 75.5 Å². The first kappa shape index (κ1) is 24.5. The second-order valence-corrected chi connectivity index (χ2v) is 8.55. The van der Waals surface area contributed by atoms with Crippen molar-refractivity contribution in [3.63, 3.8) is 0 Å². The highest BCUT2D eigenvalue weighted by Crippen LogP contribution is 2.35. The molecule has 34 heavy (non-hydrogen) atoms. The molecule has 3 aromatic rings. The zero-order chi connectivity index (χ0) is 25.3. The van der Waals surface area contributed by atoms with Gasteiger partial charge in [-0.2, -0.15) is 18.3 Å². The Morgan fingerprint density at radius 1 is 1.15 bits per heavy atom. The smallest absolute Gasteiger partial charge is 0.321 e. The summed E-state index contributed by atoms with van der Waals surface area (Å²) in [5, 5.41) is 18.2. The molecule has 176 valence electrons. The van der Waals surface area contributed by atoms with Gasteiger partial charge in [-0.1, -0.05) is 24.0 Å². The van der Waals surface area contributed by atoms with Crippen LogP contribution in [0, 0.1) is 27.4 Å². The number of carbonyl (C=O) groups excluding carboxylic acids is 1. The highest BCUT2D eigenvalue weighted by atomic mass is 19.4. The lowest BCUT2D eigenvalue weighted by atomic mass is 9.97. The SMILES string of the molecule is Cn1cc(C#CC(C)(C)C)c(-c2cc([N+](=O)[O-])ccc2NC(=O)c2ccccc2C(F)(F)F)n1. The van der Waals surface area contributed by atoms with Gasteiger partial charge in [-0.05, 0) is 39.0 Å². The fraction of sp³-hybridized carbons (Fsp3) is 0.250. The van der Waals surface area contributed by atoms with E-state index >= 15 is 0 Å². The van der Waals surface area contributed by atoms with Crippen LogP contribution in [0.4, 0.5) is 24.5 Å². The van der Waals surface area contributed by atoms with Gasteiger partial charge in [0.1, 0.15) is 5.69 Å². The van der Waals surface area contributed by atoms with Crippen molar-refractivity contribution in [2.45, 2.75) is 26.9 Å². The number of benzene rings is 2. The summed E-state index contributed by atoms with van der Waals surface area (Å²) in [4.78, 5) is 23.6. The van der Waals surface area contributed by atoms with Crippen LogP contribution >= 0.6 is 0 Å². The predicted octanol–water partition coefficient (Wildman–Crippen LogP) is 5.66. The Balaban J connectivity index is 2.14. The highest BCUT2D eigenvalue weighted by molar-refractivity contribution is 6.07. The molecule has 0 spiro atoms. The third kappa shape index (κ3) is 5.61. The van der Waals surface area contributed by atoms with Gasteiger partial charge in [0.05, 0.1) is 27.3 Å². The van der Waals surface area contributed by atoms with Crippen LogP contribution in [0.15, 0.2) is 48.7 Å². The highest BCUT2D eigenvalue weighted by Gasteiger charge is 2.35. The molecule has 10 heteroatoms. The Bertz CT molecular complexity index is 1330. The van der Waals surface area contributed by atoms with Gasteiger partial charge in [-0.25, -0.2) is 0 Å². The van der Waals surface area contributed by atoms with Gasteiger partial charge < -0.3 is 5.32 Å². The number of carbonyl (C=O) groups is 1. The minimum absolute atomic E-state index is 0.0603. The van der Waals surface area contributed by atoms with E-state index in [0.29, 0.717) is 5.56 Å². The number of non-ortho nitro benzene ring substituents is 1. The number of aromatic nitrogens is 2. The van der Waals surface area contributed by atoms with Gasteiger partial charge in [-0.15, -0.1) is 0 Å². The molecule has 1 heterocycles. The van der Waals surface area contributed by atoms with E-state index in [1.54, 1.807) is 13.2 Å². The maximum absolute atomic E-state index is 13.4. The molecule has 0 aliphatic rings.